The van der Waals surface area contributed by atoms with Crippen LogP contribution >= 0.6 is 0 Å². The van der Waals surface area contributed by atoms with Gasteiger partial charge in [-0.1, -0.05) is 0 Å². The molecule has 2 heterocycles. The molecular formula is C16H17F3N6O2. The molecule has 1 aliphatic heterocycles. The number of carbonyl (C=O) groups is 1. The normalized spacial score (nSPS) is 13.6. The Balaban J connectivity index is 1.66. The Kier molecular flexibility index (Phi) is 5.57. The summed E-state index contributed by atoms with van der Waals surface area (Å²) in [6.45, 7) is 1.53. The Morgan fingerprint density at radius 2 is 1.89 bits per heavy atom. The van der Waals surface area contributed by atoms with Crippen molar-refractivity contribution in [3.8, 4) is 6.01 Å². The molecule has 0 atom stereocenters. The molecule has 2 N–H and O–H groups in total. The van der Waals surface area contributed by atoms with E-state index in [0.29, 0.717) is 12.0 Å². The molecule has 3 rings (SSSR count). The summed E-state index contributed by atoms with van der Waals surface area (Å²) in [6.07, 6.45) is 2.06. The molecule has 1 aromatic carbocycles. The van der Waals surface area contributed by atoms with Crippen molar-refractivity contribution in [3.05, 3.63) is 35.4 Å². The molecule has 1 aliphatic rings. The van der Waals surface area contributed by atoms with Gasteiger partial charge in [0.1, 0.15) is 0 Å². The molecule has 1 aromatic heterocycles. The summed E-state index contributed by atoms with van der Waals surface area (Å²) < 4.78 is 44.8. The number of amides is 2. The Labute approximate surface area is 152 Å². The Morgan fingerprint density at radius 1 is 1.15 bits per heavy atom. The summed E-state index contributed by atoms with van der Waals surface area (Å²) in [7, 11) is 1.42. The van der Waals surface area contributed by atoms with Crippen LogP contribution in [0, 0.1) is 17.5 Å². The predicted molar refractivity (Wildman–Crippen MR) is 90.0 cm³/mol. The molecule has 0 unspecified atom stereocenters. The zero-order valence-corrected chi connectivity index (χ0v) is 14.4. The van der Waals surface area contributed by atoms with Crippen molar-refractivity contribution in [1.82, 2.24) is 20.3 Å². The van der Waals surface area contributed by atoms with E-state index >= 15 is 0 Å². The van der Waals surface area contributed by atoms with Crippen molar-refractivity contribution >= 4 is 17.7 Å². The van der Waals surface area contributed by atoms with Crippen molar-refractivity contribution in [1.29, 1.82) is 0 Å². The van der Waals surface area contributed by atoms with E-state index in [1.165, 1.54) is 7.11 Å². The van der Waals surface area contributed by atoms with E-state index in [2.05, 4.69) is 25.6 Å². The number of methoxy groups -OCH3 is 1. The number of anilines is 2. The third kappa shape index (κ3) is 4.36. The lowest BCUT2D eigenvalue weighted by atomic mass is 10.3. The summed E-state index contributed by atoms with van der Waals surface area (Å²) in [4.78, 5) is 26.4. The smallest absolute Gasteiger partial charge is 0.321 e. The molecule has 1 saturated heterocycles. The highest BCUT2D eigenvalue weighted by atomic mass is 19.2. The van der Waals surface area contributed by atoms with Gasteiger partial charge in [-0.15, -0.1) is 0 Å². The van der Waals surface area contributed by atoms with E-state index in [1.807, 2.05) is 4.90 Å². The van der Waals surface area contributed by atoms with Crippen molar-refractivity contribution in [3.63, 3.8) is 0 Å². The van der Waals surface area contributed by atoms with Crippen molar-refractivity contribution in [2.75, 3.05) is 30.4 Å². The third-order valence-corrected chi connectivity index (χ3v) is 3.91. The molecule has 0 radical (unpaired) electrons. The first kappa shape index (κ1) is 18.7. The van der Waals surface area contributed by atoms with E-state index in [4.69, 9.17) is 4.74 Å². The Bertz CT molecular complexity index is 845. The van der Waals surface area contributed by atoms with Gasteiger partial charge in [0.05, 0.1) is 19.3 Å². The van der Waals surface area contributed by atoms with Gasteiger partial charge < -0.3 is 20.3 Å². The highest BCUT2D eigenvalue weighted by Crippen LogP contribution is 2.20. The first-order valence-corrected chi connectivity index (χ1v) is 8.20. The number of aromatic nitrogens is 3. The van der Waals surface area contributed by atoms with E-state index < -0.39 is 29.2 Å². The van der Waals surface area contributed by atoms with Gasteiger partial charge in [0.2, 0.25) is 5.95 Å². The summed E-state index contributed by atoms with van der Waals surface area (Å²) in [5, 5.41) is 4.52. The number of urea groups is 1. The maximum absolute atomic E-state index is 13.6. The first-order valence-electron chi connectivity index (χ1n) is 8.20. The number of carbonyl (C=O) groups excluding carboxylic acids is 1. The van der Waals surface area contributed by atoms with Crippen molar-refractivity contribution in [2.45, 2.75) is 19.4 Å². The number of halogens is 3. The van der Waals surface area contributed by atoms with Gasteiger partial charge in [-0.3, -0.25) is 0 Å². The van der Waals surface area contributed by atoms with Crippen LogP contribution in [-0.2, 0) is 6.54 Å². The summed E-state index contributed by atoms with van der Waals surface area (Å²) >= 11 is 0. The minimum absolute atomic E-state index is 0.100. The predicted octanol–water partition coefficient (Wildman–Crippen LogP) is 2.22. The van der Waals surface area contributed by atoms with Gasteiger partial charge in [0.25, 0.3) is 0 Å². The van der Waals surface area contributed by atoms with Crippen LogP contribution in [0.1, 0.15) is 18.7 Å². The lowest BCUT2D eigenvalue weighted by Gasteiger charge is -2.16. The second kappa shape index (κ2) is 8.06. The monoisotopic (exact) mass is 382 g/mol. The lowest BCUT2D eigenvalue weighted by Crippen LogP contribution is -2.30. The number of ether oxygens (including phenoxy) is 1. The number of nitrogens with zero attached hydrogens (tertiary/aromatic N) is 4. The van der Waals surface area contributed by atoms with Crippen LogP contribution in [0.3, 0.4) is 0 Å². The second-order valence-electron chi connectivity index (χ2n) is 5.76. The quantitative estimate of drug-likeness (QED) is 0.771. The average molecular weight is 382 g/mol. The van der Waals surface area contributed by atoms with Gasteiger partial charge in [-0.05, 0) is 25.0 Å². The number of hydrogen-bond donors (Lipinski definition) is 2. The molecule has 0 bridgehead atoms. The van der Waals surface area contributed by atoms with Crippen LogP contribution in [0.25, 0.3) is 0 Å². The van der Waals surface area contributed by atoms with Crippen LogP contribution in [-0.4, -0.2) is 41.2 Å². The largest absolute Gasteiger partial charge is 0.467 e. The molecule has 11 heteroatoms. The van der Waals surface area contributed by atoms with Gasteiger partial charge in [-0.25, -0.2) is 18.0 Å². The van der Waals surface area contributed by atoms with Gasteiger partial charge >= 0.3 is 12.0 Å². The van der Waals surface area contributed by atoms with Crippen LogP contribution < -0.4 is 20.3 Å². The number of hydrogen-bond acceptors (Lipinski definition) is 6. The minimum atomic E-state index is -1.66. The topological polar surface area (TPSA) is 92.3 Å². The maximum Gasteiger partial charge on any atom is 0.321 e. The van der Waals surface area contributed by atoms with Crippen LogP contribution in [0.2, 0.25) is 0 Å². The minimum Gasteiger partial charge on any atom is -0.467 e. The van der Waals surface area contributed by atoms with Crippen LogP contribution in [0.5, 0.6) is 6.01 Å². The van der Waals surface area contributed by atoms with E-state index in [9.17, 15) is 18.0 Å². The highest BCUT2D eigenvalue weighted by molar-refractivity contribution is 5.89. The fourth-order valence-electron chi connectivity index (χ4n) is 2.56. The van der Waals surface area contributed by atoms with E-state index in [0.717, 1.165) is 32.0 Å². The lowest BCUT2D eigenvalue weighted by molar-refractivity contribution is 0.251. The highest BCUT2D eigenvalue weighted by Gasteiger charge is 2.18. The fourth-order valence-corrected chi connectivity index (χ4v) is 2.56. The molecule has 8 nitrogen and oxygen atoms in total. The molecule has 0 saturated carbocycles. The van der Waals surface area contributed by atoms with Gasteiger partial charge in [-0.2, -0.15) is 15.0 Å². The first-order chi connectivity index (χ1) is 13.0. The maximum atomic E-state index is 13.6. The average Bonchev–Trinajstić information content (AvgIpc) is 3.21. The molecule has 144 valence electrons. The number of nitrogens with one attached hydrogen (secondary N) is 2. The summed E-state index contributed by atoms with van der Waals surface area (Å²) in [6, 6.07) is 0.913. The molecule has 1 fully saturated rings. The number of rotatable bonds is 5. The van der Waals surface area contributed by atoms with Crippen LogP contribution in [0.15, 0.2) is 12.1 Å². The fraction of sp³-hybridized carbons (Fsp3) is 0.375. The zero-order chi connectivity index (χ0) is 19.4. The summed E-state index contributed by atoms with van der Waals surface area (Å²) in [5.74, 6) is -3.80. The Morgan fingerprint density at radius 3 is 2.59 bits per heavy atom. The molecule has 27 heavy (non-hydrogen) atoms. The van der Waals surface area contributed by atoms with E-state index in [-0.39, 0.29) is 18.4 Å². The molecule has 0 spiro atoms. The van der Waals surface area contributed by atoms with E-state index in [1.54, 1.807) is 0 Å². The zero-order valence-electron chi connectivity index (χ0n) is 14.4. The van der Waals surface area contributed by atoms with Crippen molar-refractivity contribution < 1.29 is 22.7 Å². The van der Waals surface area contributed by atoms with Crippen molar-refractivity contribution in [2.24, 2.45) is 0 Å². The standard InChI is InChI=1S/C16H17F3N6O2/c1-27-16-23-11(22-14(24-16)25-6-2-3-7-25)8-20-15(26)21-10-5-4-9(17)12(18)13(10)19/h4-5H,2-3,6-8H2,1H3,(H2,20,21,26). The van der Waals surface area contributed by atoms with Crippen LogP contribution in [0.4, 0.5) is 29.6 Å². The molecule has 2 amide bonds. The molecule has 0 aliphatic carbocycles. The third-order valence-electron chi connectivity index (χ3n) is 3.91. The summed E-state index contributed by atoms with van der Waals surface area (Å²) in [5.41, 5.74) is -0.489. The molecule has 2 aromatic rings. The van der Waals surface area contributed by atoms with Gasteiger partial charge in [0, 0.05) is 13.1 Å². The molecular weight excluding hydrogens is 365 g/mol. The SMILES string of the molecule is COc1nc(CNC(=O)Nc2ccc(F)c(F)c2F)nc(N2CCCC2)n1. The second-order valence-corrected chi connectivity index (χ2v) is 5.76. The number of benzene rings is 1. The Hall–Kier alpha value is -3.11. The van der Waals surface area contributed by atoms with Gasteiger partial charge in [0.15, 0.2) is 23.3 Å².